The third-order valence-corrected chi connectivity index (χ3v) is 4.61. The van der Waals surface area contributed by atoms with E-state index in [4.69, 9.17) is 4.74 Å². The maximum absolute atomic E-state index is 5.92. The van der Waals surface area contributed by atoms with Crippen molar-refractivity contribution in [3.05, 3.63) is 72.6 Å². The summed E-state index contributed by atoms with van der Waals surface area (Å²) in [5, 5.41) is 18.8. The number of unbranched alkanes of at least 4 members (excludes halogenated alkanes) is 1. The third kappa shape index (κ3) is 4.81. The molecule has 0 atom stereocenters. The van der Waals surface area contributed by atoms with Crippen LogP contribution in [0.3, 0.4) is 0 Å². The average molecular weight is 400 g/mol. The lowest BCUT2D eigenvalue weighted by molar-refractivity contribution is 0.310. The van der Waals surface area contributed by atoms with Gasteiger partial charge in [-0.1, -0.05) is 55.8 Å². The van der Waals surface area contributed by atoms with Crippen molar-refractivity contribution in [1.82, 2.24) is 25.4 Å². The molecule has 0 fully saturated rings. The minimum Gasteiger partial charge on any atom is -0.493 e. The highest BCUT2D eigenvalue weighted by atomic mass is 16.5. The van der Waals surface area contributed by atoms with Gasteiger partial charge in [-0.2, -0.15) is 10.2 Å². The van der Waals surface area contributed by atoms with Gasteiger partial charge in [-0.05, 0) is 24.6 Å². The number of benzene rings is 2. The van der Waals surface area contributed by atoms with Crippen molar-refractivity contribution in [1.29, 1.82) is 0 Å². The number of hydrogen-bond donors (Lipinski definition) is 2. The molecule has 0 saturated carbocycles. The largest absolute Gasteiger partial charge is 0.493 e. The highest BCUT2D eigenvalue weighted by Gasteiger charge is 2.10. The Labute approximate surface area is 175 Å². The molecule has 0 aliphatic rings. The van der Waals surface area contributed by atoms with Crippen LogP contribution in [0.5, 0.6) is 5.75 Å². The predicted octanol–water partition coefficient (Wildman–Crippen LogP) is 4.72. The van der Waals surface area contributed by atoms with Crippen LogP contribution in [0.15, 0.2) is 66.9 Å². The molecule has 2 aromatic heterocycles. The molecule has 0 aliphatic carbocycles. The van der Waals surface area contributed by atoms with Crippen molar-refractivity contribution < 1.29 is 4.74 Å². The number of nitrogens with one attached hydrogen (secondary N) is 2. The molecule has 7 heteroatoms. The van der Waals surface area contributed by atoms with Crippen LogP contribution < -0.4 is 10.1 Å². The second-order valence-corrected chi connectivity index (χ2v) is 6.86. The van der Waals surface area contributed by atoms with Gasteiger partial charge >= 0.3 is 0 Å². The van der Waals surface area contributed by atoms with Crippen molar-refractivity contribution in [2.75, 3.05) is 11.9 Å². The first-order valence-corrected chi connectivity index (χ1v) is 10.1. The molecule has 4 rings (SSSR count). The van der Waals surface area contributed by atoms with Crippen LogP contribution in [0.1, 0.15) is 25.5 Å². The molecule has 0 amide bonds. The van der Waals surface area contributed by atoms with Gasteiger partial charge in [0.2, 0.25) is 5.95 Å². The van der Waals surface area contributed by atoms with Gasteiger partial charge < -0.3 is 10.1 Å². The lowest BCUT2D eigenvalue weighted by Crippen LogP contribution is -2.06. The fraction of sp³-hybridized carbons (Fsp3) is 0.217. The maximum Gasteiger partial charge on any atom is 0.243 e. The standard InChI is InChI=1S/C23H24N6O/c1-2-3-13-30-22-12-8-7-11-19(22)21-16-25-29-23(26-21)24-15-18-14-20(28-27-18)17-9-5-4-6-10-17/h4-12,14,16H,2-3,13,15H2,1H3,(H,27,28)(H,24,26,29). The van der Waals surface area contributed by atoms with E-state index in [1.807, 2.05) is 60.7 Å². The summed E-state index contributed by atoms with van der Waals surface area (Å²) >= 11 is 0. The fourth-order valence-corrected chi connectivity index (χ4v) is 3.02. The number of para-hydroxylation sites is 1. The van der Waals surface area contributed by atoms with E-state index in [0.717, 1.165) is 41.1 Å². The van der Waals surface area contributed by atoms with Gasteiger partial charge in [0.15, 0.2) is 0 Å². The Balaban J connectivity index is 1.45. The van der Waals surface area contributed by atoms with Crippen LogP contribution in [0, 0.1) is 0 Å². The minimum absolute atomic E-state index is 0.451. The molecule has 0 unspecified atom stereocenters. The summed E-state index contributed by atoms with van der Waals surface area (Å²) in [4.78, 5) is 4.61. The third-order valence-electron chi connectivity index (χ3n) is 4.61. The maximum atomic E-state index is 5.92. The Hall–Kier alpha value is -3.74. The molecule has 2 heterocycles. The number of rotatable bonds is 9. The van der Waals surface area contributed by atoms with E-state index in [2.05, 4.69) is 37.6 Å². The number of hydrogen-bond acceptors (Lipinski definition) is 6. The molecule has 2 aromatic carbocycles. The van der Waals surface area contributed by atoms with Crippen molar-refractivity contribution in [3.63, 3.8) is 0 Å². The molecule has 0 bridgehead atoms. The molecule has 4 aromatic rings. The molecule has 0 spiro atoms. The molecular formula is C23H24N6O. The molecule has 7 nitrogen and oxygen atoms in total. The first-order valence-electron chi connectivity index (χ1n) is 10.1. The zero-order valence-electron chi connectivity index (χ0n) is 16.9. The van der Waals surface area contributed by atoms with Crippen molar-refractivity contribution in [2.45, 2.75) is 26.3 Å². The average Bonchev–Trinajstić information content (AvgIpc) is 3.28. The van der Waals surface area contributed by atoms with Gasteiger partial charge in [-0.25, -0.2) is 4.98 Å². The summed E-state index contributed by atoms with van der Waals surface area (Å²) in [5.74, 6) is 1.25. The van der Waals surface area contributed by atoms with Gasteiger partial charge in [0.05, 0.1) is 36.4 Å². The predicted molar refractivity (Wildman–Crippen MR) is 117 cm³/mol. The Morgan fingerprint density at radius 2 is 1.83 bits per heavy atom. The van der Waals surface area contributed by atoms with Gasteiger partial charge in [-0.3, -0.25) is 5.10 Å². The van der Waals surface area contributed by atoms with Crippen LogP contribution >= 0.6 is 0 Å². The summed E-state index contributed by atoms with van der Waals surface area (Å²) in [5.41, 5.74) is 4.53. The van der Waals surface area contributed by atoms with Crippen molar-refractivity contribution in [2.24, 2.45) is 0 Å². The fourth-order valence-electron chi connectivity index (χ4n) is 3.02. The summed E-state index contributed by atoms with van der Waals surface area (Å²) in [6.45, 7) is 3.34. The Morgan fingerprint density at radius 3 is 2.70 bits per heavy atom. The van der Waals surface area contributed by atoms with Gasteiger partial charge in [-0.15, -0.1) is 5.10 Å². The summed E-state index contributed by atoms with van der Waals surface area (Å²) in [6, 6.07) is 19.9. The van der Waals surface area contributed by atoms with E-state index in [0.29, 0.717) is 24.8 Å². The SMILES string of the molecule is CCCCOc1ccccc1-c1cnnc(NCc2cc(-c3ccccc3)n[nH]2)n1. The van der Waals surface area contributed by atoms with Gasteiger partial charge in [0.1, 0.15) is 5.75 Å². The van der Waals surface area contributed by atoms with Gasteiger partial charge in [0.25, 0.3) is 0 Å². The van der Waals surface area contributed by atoms with Crippen LogP contribution in [0.25, 0.3) is 22.5 Å². The zero-order valence-corrected chi connectivity index (χ0v) is 16.9. The Bertz CT molecular complexity index is 1080. The first-order chi connectivity index (χ1) is 14.8. The second kappa shape index (κ2) is 9.65. The van der Waals surface area contributed by atoms with Crippen LogP contribution in [0.4, 0.5) is 5.95 Å². The number of ether oxygens (including phenoxy) is 1. The minimum atomic E-state index is 0.451. The lowest BCUT2D eigenvalue weighted by atomic mass is 10.1. The smallest absolute Gasteiger partial charge is 0.243 e. The highest BCUT2D eigenvalue weighted by Crippen LogP contribution is 2.28. The van der Waals surface area contributed by atoms with Crippen LogP contribution in [-0.4, -0.2) is 32.0 Å². The van der Waals surface area contributed by atoms with E-state index in [-0.39, 0.29) is 0 Å². The van der Waals surface area contributed by atoms with E-state index in [1.54, 1.807) is 6.20 Å². The number of anilines is 1. The van der Waals surface area contributed by atoms with E-state index in [1.165, 1.54) is 0 Å². The normalized spacial score (nSPS) is 10.7. The zero-order chi connectivity index (χ0) is 20.6. The molecule has 0 aliphatic heterocycles. The second-order valence-electron chi connectivity index (χ2n) is 6.86. The quantitative estimate of drug-likeness (QED) is 0.395. The number of nitrogens with zero attached hydrogens (tertiary/aromatic N) is 4. The van der Waals surface area contributed by atoms with E-state index in [9.17, 15) is 0 Å². The first kappa shape index (κ1) is 19.6. The van der Waals surface area contributed by atoms with Crippen molar-refractivity contribution >= 4 is 5.95 Å². The van der Waals surface area contributed by atoms with E-state index >= 15 is 0 Å². The molecule has 152 valence electrons. The summed E-state index contributed by atoms with van der Waals surface area (Å²) < 4.78 is 5.92. The molecule has 2 N–H and O–H groups in total. The molecular weight excluding hydrogens is 376 g/mol. The lowest BCUT2D eigenvalue weighted by Gasteiger charge is -2.11. The molecule has 0 saturated heterocycles. The van der Waals surface area contributed by atoms with E-state index < -0.39 is 0 Å². The number of aromatic amines is 1. The van der Waals surface area contributed by atoms with Crippen LogP contribution in [0.2, 0.25) is 0 Å². The monoisotopic (exact) mass is 400 g/mol. The summed E-state index contributed by atoms with van der Waals surface area (Å²) in [7, 11) is 0. The van der Waals surface area contributed by atoms with Gasteiger partial charge in [0, 0.05) is 11.1 Å². The Morgan fingerprint density at radius 1 is 1.00 bits per heavy atom. The highest BCUT2D eigenvalue weighted by molar-refractivity contribution is 5.67. The topological polar surface area (TPSA) is 88.6 Å². The van der Waals surface area contributed by atoms with Crippen LogP contribution in [-0.2, 0) is 6.54 Å². The van der Waals surface area contributed by atoms with Crippen molar-refractivity contribution in [3.8, 4) is 28.3 Å². The number of H-pyrrole nitrogens is 1. The Kier molecular flexibility index (Phi) is 6.29. The number of aromatic nitrogens is 5. The summed E-state index contributed by atoms with van der Waals surface area (Å²) in [6.07, 6.45) is 3.75. The molecule has 0 radical (unpaired) electrons. The molecule has 30 heavy (non-hydrogen) atoms.